The molecule has 0 fully saturated rings. The zero-order valence-corrected chi connectivity index (χ0v) is 13.0. The molecular formula is C19H19OP. The third kappa shape index (κ3) is 4.26. The van der Waals surface area contributed by atoms with Crippen LogP contribution < -0.4 is 0 Å². The fourth-order valence-corrected chi connectivity index (χ4v) is 2.39. The molecule has 3 aromatic rings. The van der Waals surface area contributed by atoms with Gasteiger partial charge in [0.15, 0.2) is 0 Å². The molecule has 0 radical (unpaired) electrons. The molecule has 0 spiro atoms. The van der Waals surface area contributed by atoms with E-state index >= 15 is 0 Å². The van der Waals surface area contributed by atoms with Crippen LogP contribution in [0.2, 0.25) is 0 Å². The molecule has 2 heteroatoms. The van der Waals surface area contributed by atoms with Crippen LogP contribution in [0.3, 0.4) is 0 Å². The highest BCUT2D eigenvalue weighted by Gasteiger charge is 2.04. The maximum Gasteiger partial charge on any atom is -0.00196 e. The molecule has 106 valence electrons. The third-order valence-corrected chi connectivity index (χ3v) is 3.34. The van der Waals surface area contributed by atoms with Crippen molar-refractivity contribution in [2.75, 3.05) is 0 Å². The van der Waals surface area contributed by atoms with E-state index in [1.807, 2.05) is 0 Å². The van der Waals surface area contributed by atoms with Gasteiger partial charge in [0, 0.05) is 0 Å². The van der Waals surface area contributed by atoms with Gasteiger partial charge in [0.25, 0.3) is 0 Å². The molecule has 0 heterocycles. The summed E-state index contributed by atoms with van der Waals surface area (Å²) in [5.41, 5.74) is 5.34. The predicted octanol–water partition coefficient (Wildman–Crippen LogP) is 4.71. The first kappa shape index (κ1) is 15.4. The average Bonchev–Trinajstić information content (AvgIpc) is 2.59. The lowest BCUT2D eigenvalue weighted by molar-refractivity contribution is 0.664. The molecule has 1 unspecified atom stereocenters. The second kappa shape index (κ2) is 8.36. The Labute approximate surface area is 128 Å². The van der Waals surface area contributed by atoms with Crippen molar-refractivity contribution in [1.82, 2.24) is 0 Å². The molecular weight excluding hydrogens is 275 g/mol. The normalized spacial score (nSPS) is 9.62. The molecule has 0 saturated heterocycles. The van der Waals surface area contributed by atoms with Crippen molar-refractivity contribution in [3.63, 3.8) is 0 Å². The third-order valence-electron chi connectivity index (χ3n) is 3.34. The first-order valence-electron chi connectivity index (χ1n) is 6.86. The van der Waals surface area contributed by atoms with Gasteiger partial charge in [-0.05, 0) is 38.1 Å². The highest BCUT2D eigenvalue weighted by atomic mass is 31.0. The Hall–Kier alpha value is -1.95. The first-order chi connectivity index (χ1) is 10.4. The lowest BCUT2D eigenvalue weighted by Crippen LogP contribution is -1.91. The van der Waals surface area contributed by atoms with Crippen molar-refractivity contribution in [2.45, 2.75) is 6.42 Å². The smallest absolute Gasteiger partial charge is 0.00196 e. The van der Waals surface area contributed by atoms with E-state index in [-0.39, 0.29) is 0 Å². The van der Waals surface area contributed by atoms with E-state index in [9.17, 15) is 0 Å². The van der Waals surface area contributed by atoms with Gasteiger partial charge in [0.05, 0.1) is 0 Å². The van der Waals surface area contributed by atoms with E-state index in [0.717, 1.165) is 6.42 Å². The van der Waals surface area contributed by atoms with Crippen LogP contribution in [0.15, 0.2) is 84.9 Å². The Kier molecular flexibility index (Phi) is 6.15. The second-order valence-electron chi connectivity index (χ2n) is 4.69. The van der Waals surface area contributed by atoms with Crippen LogP contribution in [0, 0.1) is 0 Å². The quantitative estimate of drug-likeness (QED) is 0.693. The summed E-state index contributed by atoms with van der Waals surface area (Å²) in [7, 11) is 1.42. The summed E-state index contributed by atoms with van der Waals surface area (Å²) >= 11 is 0. The fourth-order valence-electron chi connectivity index (χ4n) is 2.39. The topological polar surface area (TPSA) is 20.2 Å². The molecule has 1 N–H and O–H groups in total. The maximum atomic E-state index is 6.92. The summed E-state index contributed by atoms with van der Waals surface area (Å²) in [6.45, 7) is 0. The summed E-state index contributed by atoms with van der Waals surface area (Å²) in [5, 5.41) is 0. The molecule has 21 heavy (non-hydrogen) atoms. The van der Waals surface area contributed by atoms with E-state index in [2.05, 4.69) is 84.9 Å². The lowest BCUT2D eigenvalue weighted by atomic mass is 9.95. The summed E-state index contributed by atoms with van der Waals surface area (Å²) in [6.07, 6.45) is 0.978. The zero-order chi connectivity index (χ0) is 14.9. The minimum atomic E-state index is 0.978. The Morgan fingerprint density at radius 2 is 1.14 bits per heavy atom. The average molecular weight is 294 g/mol. The van der Waals surface area contributed by atoms with Crippen molar-refractivity contribution in [3.8, 4) is 11.1 Å². The van der Waals surface area contributed by atoms with E-state index in [1.165, 1.54) is 31.7 Å². The maximum absolute atomic E-state index is 6.92. The van der Waals surface area contributed by atoms with E-state index in [4.69, 9.17) is 4.89 Å². The SMILES string of the molecule is OP.c1ccc(Cc2ccccc2-c2ccccc2)cc1. The van der Waals surface area contributed by atoms with Gasteiger partial charge in [-0.2, -0.15) is 0 Å². The van der Waals surface area contributed by atoms with Gasteiger partial charge in [-0.1, -0.05) is 84.9 Å². The standard InChI is InChI=1S/C19H16.H3OP/c1-3-9-16(10-4-1)15-18-13-7-8-14-19(18)17-11-5-2-6-12-17;1-2/h1-14H,15H2;1H,2H2. The van der Waals surface area contributed by atoms with Crippen LogP contribution in [-0.2, 0) is 6.42 Å². The minimum absolute atomic E-state index is 0.978. The summed E-state index contributed by atoms with van der Waals surface area (Å²) < 4.78 is 0. The molecule has 0 aliphatic rings. The molecule has 0 saturated carbocycles. The van der Waals surface area contributed by atoms with E-state index in [1.54, 1.807) is 0 Å². The van der Waals surface area contributed by atoms with Gasteiger partial charge in [0.2, 0.25) is 0 Å². The Balaban J connectivity index is 0.000000774. The van der Waals surface area contributed by atoms with Crippen molar-refractivity contribution >= 4 is 9.47 Å². The predicted molar refractivity (Wildman–Crippen MR) is 93.1 cm³/mol. The molecule has 0 aliphatic heterocycles. The second-order valence-corrected chi connectivity index (χ2v) is 4.69. The van der Waals surface area contributed by atoms with Crippen LogP contribution in [0.5, 0.6) is 0 Å². The molecule has 0 bridgehead atoms. The molecule has 0 amide bonds. The highest BCUT2D eigenvalue weighted by molar-refractivity contribution is 7.08. The number of hydrogen-bond donors (Lipinski definition) is 1. The minimum Gasteiger partial charge on any atom is -0.380 e. The number of hydrogen-bond acceptors (Lipinski definition) is 1. The van der Waals surface area contributed by atoms with Crippen molar-refractivity contribution in [3.05, 3.63) is 96.1 Å². The molecule has 0 aromatic heterocycles. The summed E-state index contributed by atoms with van der Waals surface area (Å²) in [4.78, 5) is 6.92. The van der Waals surface area contributed by atoms with Crippen LogP contribution in [0.4, 0.5) is 0 Å². The van der Waals surface area contributed by atoms with Gasteiger partial charge in [-0.3, -0.25) is 0 Å². The largest absolute Gasteiger partial charge is 0.380 e. The fraction of sp³-hybridized carbons (Fsp3) is 0.0526. The van der Waals surface area contributed by atoms with Gasteiger partial charge in [0.1, 0.15) is 0 Å². The molecule has 3 rings (SSSR count). The van der Waals surface area contributed by atoms with Crippen molar-refractivity contribution < 1.29 is 4.89 Å². The zero-order valence-electron chi connectivity index (χ0n) is 11.8. The number of benzene rings is 3. The first-order valence-corrected chi connectivity index (χ1v) is 7.38. The molecule has 1 nitrogen and oxygen atoms in total. The Bertz CT molecular complexity index is 651. The monoisotopic (exact) mass is 294 g/mol. The molecule has 3 aromatic carbocycles. The van der Waals surface area contributed by atoms with Gasteiger partial charge in [-0.25, -0.2) is 0 Å². The van der Waals surface area contributed by atoms with Crippen LogP contribution in [0.1, 0.15) is 11.1 Å². The van der Waals surface area contributed by atoms with Crippen LogP contribution in [-0.4, -0.2) is 4.89 Å². The number of rotatable bonds is 3. The van der Waals surface area contributed by atoms with E-state index < -0.39 is 0 Å². The van der Waals surface area contributed by atoms with Gasteiger partial charge < -0.3 is 4.89 Å². The van der Waals surface area contributed by atoms with E-state index in [0.29, 0.717) is 0 Å². The molecule has 0 aliphatic carbocycles. The lowest BCUT2D eigenvalue weighted by Gasteiger charge is -2.09. The highest BCUT2D eigenvalue weighted by Crippen LogP contribution is 2.25. The molecule has 1 atom stereocenters. The van der Waals surface area contributed by atoms with Gasteiger partial charge >= 0.3 is 0 Å². The van der Waals surface area contributed by atoms with Crippen molar-refractivity contribution in [1.29, 1.82) is 0 Å². The Morgan fingerprint density at radius 1 is 0.619 bits per heavy atom. The van der Waals surface area contributed by atoms with Crippen LogP contribution >= 0.6 is 9.47 Å². The Morgan fingerprint density at radius 3 is 1.81 bits per heavy atom. The van der Waals surface area contributed by atoms with Crippen molar-refractivity contribution in [2.24, 2.45) is 0 Å². The van der Waals surface area contributed by atoms with Gasteiger partial charge in [-0.15, -0.1) is 0 Å². The summed E-state index contributed by atoms with van der Waals surface area (Å²) in [5.74, 6) is 0. The summed E-state index contributed by atoms with van der Waals surface area (Å²) in [6, 6.07) is 29.8. The van der Waals surface area contributed by atoms with Crippen LogP contribution in [0.25, 0.3) is 11.1 Å².